The van der Waals surface area contributed by atoms with E-state index in [1.165, 1.54) is 17.0 Å². The van der Waals surface area contributed by atoms with E-state index >= 15 is 0 Å². The summed E-state index contributed by atoms with van der Waals surface area (Å²) in [6.07, 6.45) is 1.07. The van der Waals surface area contributed by atoms with Crippen LogP contribution in [0.1, 0.15) is 50.3 Å². The highest BCUT2D eigenvalue weighted by atomic mass is 35.5. The van der Waals surface area contributed by atoms with Gasteiger partial charge in [-0.05, 0) is 81.1 Å². The summed E-state index contributed by atoms with van der Waals surface area (Å²) in [6, 6.07) is 17.7. The first-order valence-corrected chi connectivity index (χ1v) is 15.8. The molecular formula is C32H40ClN3O5S. The normalized spacial score (nSPS) is 12.7. The summed E-state index contributed by atoms with van der Waals surface area (Å²) in [5.74, 6) is -0.155. The molecule has 0 saturated carbocycles. The zero-order chi connectivity index (χ0) is 31.0. The van der Waals surface area contributed by atoms with Gasteiger partial charge < -0.3 is 15.0 Å². The first-order chi connectivity index (χ1) is 19.9. The minimum Gasteiger partial charge on any atom is -0.497 e. The van der Waals surface area contributed by atoms with Gasteiger partial charge in [0.05, 0.1) is 17.7 Å². The lowest BCUT2D eigenvalue weighted by Crippen LogP contribution is -2.53. The molecule has 3 aromatic rings. The van der Waals surface area contributed by atoms with Crippen LogP contribution in [0.2, 0.25) is 5.02 Å². The summed E-state index contributed by atoms with van der Waals surface area (Å²) in [5, 5.41) is 3.35. The first-order valence-electron chi connectivity index (χ1n) is 14.0. The Hall–Kier alpha value is -3.56. The second kappa shape index (κ2) is 14.6. The Bertz CT molecular complexity index is 1480. The van der Waals surface area contributed by atoms with Gasteiger partial charge in [0, 0.05) is 17.6 Å². The van der Waals surface area contributed by atoms with E-state index in [-0.39, 0.29) is 29.1 Å². The molecule has 0 aliphatic carbocycles. The van der Waals surface area contributed by atoms with Crippen LogP contribution in [0.4, 0.5) is 5.69 Å². The Morgan fingerprint density at radius 1 is 0.952 bits per heavy atom. The molecule has 8 nitrogen and oxygen atoms in total. The van der Waals surface area contributed by atoms with Crippen LogP contribution >= 0.6 is 11.6 Å². The molecule has 0 bridgehead atoms. The second-order valence-electron chi connectivity index (χ2n) is 10.3. The average Bonchev–Trinajstić information content (AvgIpc) is 2.97. The standard InChI is InChI=1S/C32H40ClN3O5S/c1-7-23(4)34-32(38)29(8-2)35(20-25-14-16-26(41-6)17-15-25)31(37)21-36(30-11-9-10-28(33)24(30)5)42(39,40)27-18-12-22(3)13-19-27/h9-19,23,29H,7-8,20-21H2,1-6H3,(H,34,38). The van der Waals surface area contributed by atoms with Crippen LogP contribution in [0, 0.1) is 13.8 Å². The number of methoxy groups -OCH3 is 1. The van der Waals surface area contributed by atoms with Crippen molar-refractivity contribution in [2.24, 2.45) is 0 Å². The SMILES string of the molecule is CCC(C)NC(=O)C(CC)N(Cc1ccc(OC)cc1)C(=O)CN(c1cccc(Cl)c1C)S(=O)(=O)c1ccc(C)cc1. The maximum atomic E-state index is 14.2. The summed E-state index contributed by atoms with van der Waals surface area (Å²) in [6.45, 7) is 8.85. The fourth-order valence-corrected chi connectivity index (χ4v) is 6.15. The number of carbonyl (C=O) groups excluding carboxylic acids is 2. The quantitative estimate of drug-likeness (QED) is 0.260. The van der Waals surface area contributed by atoms with E-state index in [4.69, 9.17) is 16.3 Å². The fraction of sp³-hybridized carbons (Fsp3) is 0.375. The van der Waals surface area contributed by atoms with Crippen molar-refractivity contribution in [3.63, 3.8) is 0 Å². The van der Waals surface area contributed by atoms with Gasteiger partial charge in [-0.15, -0.1) is 0 Å². The highest BCUT2D eigenvalue weighted by Gasteiger charge is 2.34. The third-order valence-electron chi connectivity index (χ3n) is 7.29. The molecule has 226 valence electrons. The Balaban J connectivity index is 2.09. The lowest BCUT2D eigenvalue weighted by Gasteiger charge is -2.34. The first kappa shape index (κ1) is 32.9. The zero-order valence-corrected chi connectivity index (χ0v) is 26.6. The Labute approximate surface area is 254 Å². The molecule has 0 spiro atoms. The number of hydrogen-bond acceptors (Lipinski definition) is 5. The van der Waals surface area contributed by atoms with E-state index in [2.05, 4.69) is 5.32 Å². The number of carbonyl (C=O) groups is 2. The van der Waals surface area contributed by atoms with Crippen LogP contribution in [-0.4, -0.2) is 50.9 Å². The van der Waals surface area contributed by atoms with E-state index in [1.807, 2.05) is 39.8 Å². The van der Waals surface area contributed by atoms with Crippen molar-refractivity contribution in [2.45, 2.75) is 71.0 Å². The molecule has 42 heavy (non-hydrogen) atoms. The van der Waals surface area contributed by atoms with Crippen molar-refractivity contribution >= 4 is 39.1 Å². The number of rotatable bonds is 13. The maximum Gasteiger partial charge on any atom is 0.264 e. The van der Waals surface area contributed by atoms with Gasteiger partial charge in [0.15, 0.2) is 0 Å². The number of aryl methyl sites for hydroxylation is 1. The van der Waals surface area contributed by atoms with Gasteiger partial charge in [-0.2, -0.15) is 0 Å². The molecule has 0 aliphatic rings. The van der Waals surface area contributed by atoms with Gasteiger partial charge in [0.2, 0.25) is 11.8 Å². The van der Waals surface area contributed by atoms with Gasteiger partial charge in [0.1, 0.15) is 18.3 Å². The smallest absolute Gasteiger partial charge is 0.264 e. The number of ether oxygens (including phenoxy) is 1. The maximum absolute atomic E-state index is 14.2. The highest BCUT2D eigenvalue weighted by molar-refractivity contribution is 7.92. The minimum absolute atomic E-state index is 0.0449. The monoisotopic (exact) mass is 613 g/mol. The van der Waals surface area contributed by atoms with Crippen LogP contribution in [0.3, 0.4) is 0 Å². The summed E-state index contributed by atoms with van der Waals surface area (Å²) in [7, 11) is -2.62. The van der Waals surface area contributed by atoms with Gasteiger partial charge >= 0.3 is 0 Å². The average molecular weight is 614 g/mol. The van der Waals surface area contributed by atoms with E-state index in [9.17, 15) is 18.0 Å². The van der Waals surface area contributed by atoms with E-state index in [0.717, 1.165) is 21.9 Å². The summed E-state index contributed by atoms with van der Waals surface area (Å²) in [4.78, 5) is 29.1. The molecule has 10 heteroatoms. The lowest BCUT2D eigenvalue weighted by molar-refractivity contribution is -0.140. The van der Waals surface area contributed by atoms with Gasteiger partial charge in [-0.3, -0.25) is 13.9 Å². The molecule has 2 atom stereocenters. The highest BCUT2D eigenvalue weighted by Crippen LogP contribution is 2.31. The van der Waals surface area contributed by atoms with Crippen molar-refractivity contribution in [3.8, 4) is 5.75 Å². The van der Waals surface area contributed by atoms with Crippen LogP contribution < -0.4 is 14.4 Å². The predicted octanol–water partition coefficient (Wildman–Crippen LogP) is 5.88. The molecule has 2 unspecified atom stereocenters. The Morgan fingerprint density at radius 2 is 1.60 bits per heavy atom. The largest absolute Gasteiger partial charge is 0.497 e. The molecule has 0 aromatic heterocycles. The minimum atomic E-state index is -4.19. The van der Waals surface area contributed by atoms with Crippen LogP contribution in [0.15, 0.2) is 71.6 Å². The predicted molar refractivity (Wildman–Crippen MR) is 167 cm³/mol. The van der Waals surface area contributed by atoms with E-state index in [1.54, 1.807) is 56.5 Å². The summed E-state index contributed by atoms with van der Waals surface area (Å²) in [5.41, 5.74) is 2.48. The molecule has 0 heterocycles. The third kappa shape index (κ3) is 7.83. The van der Waals surface area contributed by atoms with Crippen molar-refractivity contribution in [1.82, 2.24) is 10.2 Å². The fourth-order valence-electron chi connectivity index (χ4n) is 4.51. The molecule has 3 rings (SSSR count). The van der Waals surface area contributed by atoms with Crippen molar-refractivity contribution < 1.29 is 22.7 Å². The zero-order valence-electron chi connectivity index (χ0n) is 25.1. The Morgan fingerprint density at radius 3 is 2.17 bits per heavy atom. The molecule has 0 fully saturated rings. The number of anilines is 1. The van der Waals surface area contributed by atoms with Crippen molar-refractivity contribution in [3.05, 3.63) is 88.4 Å². The molecule has 0 saturated heterocycles. The molecule has 0 aliphatic heterocycles. The molecular weight excluding hydrogens is 574 g/mol. The number of nitrogens with one attached hydrogen (secondary N) is 1. The van der Waals surface area contributed by atoms with Gasteiger partial charge in [-0.25, -0.2) is 8.42 Å². The summed E-state index contributed by atoms with van der Waals surface area (Å²) < 4.78 is 34.5. The number of halogens is 1. The second-order valence-corrected chi connectivity index (χ2v) is 12.6. The van der Waals surface area contributed by atoms with E-state index in [0.29, 0.717) is 22.8 Å². The molecule has 2 amide bonds. The third-order valence-corrected chi connectivity index (χ3v) is 9.48. The van der Waals surface area contributed by atoms with E-state index < -0.39 is 28.5 Å². The van der Waals surface area contributed by atoms with Crippen molar-refractivity contribution in [1.29, 1.82) is 0 Å². The lowest BCUT2D eigenvalue weighted by atomic mass is 10.1. The molecule has 1 N–H and O–H groups in total. The molecule has 3 aromatic carbocycles. The molecule has 0 radical (unpaired) electrons. The van der Waals surface area contributed by atoms with Gasteiger partial charge in [-0.1, -0.05) is 61.3 Å². The number of hydrogen-bond donors (Lipinski definition) is 1. The van der Waals surface area contributed by atoms with Crippen LogP contribution in [0.5, 0.6) is 5.75 Å². The van der Waals surface area contributed by atoms with Crippen LogP contribution in [0.25, 0.3) is 0 Å². The number of benzene rings is 3. The van der Waals surface area contributed by atoms with Crippen LogP contribution in [-0.2, 0) is 26.2 Å². The number of sulfonamides is 1. The Kier molecular flexibility index (Phi) is 11.4. The number of amides is 2. The topological polar surface area (TPSA) is 96.0 Å². The summed E-state index contributed by atoms with van der Waals surface area (Å²) >= 11 is 6.40. The van der Waals surface area contributed by atoms with Crippen molar-refractivity contribution in [2.75, 3.05) is 18.0 Å². The van der Waals surface area contributed by atoms with Gasteiger partial charge in [0.25, 0.3) is 10.0 Å². The number of nitrogens with zero attached hydrogens (tertiary/aromatic N) is 2.